The van der Waals surface area contributed by atoms with Gasteiger partial charge in [-0.2, -0.15) is 26.3 Å². The third-order valence-corrected chi connectivity index (χ3v) is 4.68. The summed E-state index contributed by atoms with van der Waals surface area (Å²) >= 11 is 0. The topological polar surface area (TPSA) is 0 Å². The minimum Gasteiger partial charge on any atom is -0.170 e. The van der Waals surface area contributed by atoms with Crippen LogP contribution in [0.2, 0.25) is 0 Å². The average molecular weight is 286 g/mol. The highest BCUT2D eigenvalue weighted by Crippen LogP contribution is 2.55. The summed E-state index contributed by atoms with van der Waals surface area (Å²) in [4.78, 5) is 0. The lowest BCUT2D eigenvalue weighted by Crippen LogP contribution is -2.47. The Hall–Kier alpha value is -0.680. The van der Waals surface area contributed by atoms with E-state index < -0.39 is 24.2 Å². The van der Waals surface area contributed by atoms with E-state index in [-0.39, 0.29) is 25.2 Å². The van der Waals surface area contributed by atoms with Gasteiger partial charge in [-0.15, -0.1) is 0 Å². The van der Waals surface area contributed by atoms with Crippen LogP contribution in [0.15, 0.2) is 12.2 Å². The highest BCUT2D eigenvalue weighted by atomic mass is 19.4. The van der Waals surface area contributed by atoms with Gasteiger partial charge in [0.05, 0.1) is 0 Å². The molecule has 19 heavy (non-hydrogen) atoms. The second-order valence-electron chi connectivity index (χ2n) is 5.91. The van der Waals surface area contributed by atoms with E-state index in [9.17, 15) is 26.3 Å². The molecule has 3 atom stereocenters. The lowest BCUT2D eigenvalue weighted by molar-refractivity contribution is -0.337. The molecule has 1 fully saturated rings. The zero-order valence-electron chi connectivity index (χ0n) is 10.5. The zero-order valence-corrected chi connectivity index (χ0v) is 10.5. The van der Waals surface area contributed by atoms with Crippen molar-refractivity contribution < 1.29 is 26.3 Å². The minimum atomic E-state index is -5.25. The number of hydrogen-bond donors (Lipinski definition) is 0. The first kappa shape index (κ1) is 14.7. The maximum absolute atomic E-state index is 12.7. The third kappa shape index (κ3) is 2.50. The van der Waals surface area contributed by atoms with Crippen LogP contribution in [0, 0.1) is 23.2 Å². The molecule has 2 aliphatic rings. The van der Waals surface area contributed by atoms with Crippen molar-refractivity contribution in [2.45, 2.75) is 45.0 Å². The number of rotatable bonds is 3. The Labute approximate surface area is 107 Å². The molecule has 0 N–H and O–H groups in total. The molecule has 1 saturated carbocycles. The Bertz CT molecular complexity index is 350. The summed E-state index contributed by atoms with van der Waals surface area (Å²) in [6.07, 6.45) is -5.81. The Morgan fingerprint density at radius 1 is 0.947 bits per heavy atom. The van der Waals surface area contributed by atoms with Crippen molar-refractivity contribution in [1.82, 2.24) is 0 Å². The number of alkyl halides is 6. The second-order valence-corrected chi connectivity index (χ2v) is 5.91. The van der Waals surface area contributed by atoms with E-state index in [0.717, 1.165) is 12.8 Å². The molecule has 0 aromatic heterocycles. The summed E-state index contributed by atoms with van der Waals surface area (Å²) in [5.41, 5.74) is -3.59. The minimum absolute atomic E-state index is 0.0129. The number of halogens is 6. The molecule has 0 amide bonds. The van der Waals surface area contributed by atoms with Gasteiger partial charge in [-0.3, -0.25) is 0 Å². The summed E-state index contributed by atoms with van der Waals surface area (Å²) in [6, 6.07) is 0. The monoisotopic (exact) mass is 286 g/mol. The van der Waals surface area contributed by atoms with Gasteiger partial charge in [0, 0.05) is 0 Å². The maximum atomic E-state index is 12.7. The molecule has 110 valence electrons. The molecule has 0 aliphatic heterocycles. The first-order chi connectivity index (χ1) is 8.54. The highest BCUT2D eigenvalue weighted by Gasteiger charge is 2.67. The molecule has 2 bridgehead atoms. The fourth-order valence-corrected chi connectivity index (χ4v) is 3.14. The molecule has 6 heteroatoms. The SMILES string of the molecule is CC(CCC1CC2C=CC1C2)(C(F)(F)F)C(F)(F)F. The van der Waals surface area contributed by atoms with Gasteiger partial charge in [0.15, 0.2) is 5.41 Å². The zero-order chi connectivity index (χ0) is 14.5. The number of fused-ring (bicyclic) bond motifs is 2. The summed E-state index contributed by atoms with van der Waals surface area (Å²) in [5.74, 6) is 0.507. The van der Waals surface area contributed by atoms with E-state index in [0.29, 0.717) is 5.92 Å². The van der Waals surface area contributed by atoms with Gasteiger partial charge in [0.1, 0.15) is 0 Å². The molecule has 0 heterocycles. The standard InChI is InChI=1S/C13H16F6/c1-11(12(14,15)16,13(17,18)19)5-4-10-7-8-2-3-9(10)6-8/h2-3,8-10H,4-7H2,1H3. The first-order valence-electron chi connectivity index (χ1n) is 6.36. The van der Waals surface area contributed by atoms with Crippen molar-refractivity contribution in [3.05, 3.63) is 12.2 Å². The second kappa shape index (κ2) is 4.42. The van der Waals surface area contributed by atoms with E-state index in [1.165, 1.54) is 0 Å². The van der Waals surface area contributed by atoms with Crippen molar-refractivity contribution in [2.75, 3.05) is 0 Å². The van der Waals surface area contributed by atoms with Gasteiger partial charge in [0.2, 0.25) is 0 Å². The molecule has 0 aromatic carbocycles. The molecular weight excluding hydrogens is 270 g/mol. The Balaban J connectivity index is 2.04. The van der Waals surface area contributed by atoms with E-state index in [4.69, 9.17) is 0 Å². The van der Waals surface area contributed by atoms with Crippen molar-refractivity contribution >= 4 is 0 Å². The molecule has 2 rings (SSSR count). The Kier molecular flexibility index (Phi) is 3.42. The van der Waals surface area contributed by atoms with E-state index >= 15 is 0 Å². The van der Waals surface area contributed by atoms with E-state index in [2.05, 4.69) is 0 Å². The summed E-state index contributed by atoms with van der Waals surface area (Å²) in [5, 5.41) is 0. The van der Waals surface area contributed by atoms with Crippen LogP contribution >= 0.6 is 0 Å². The average Bonchev–Trinajstić information content (AvgIpc) is 2.83. The van der Waals surface area contributed by atoms with Crippen LogP contribution in [0.25, 0.3) is 0 Å². The summed E-state index contributed by atoms with van der Waals surface area (Å²) in [6.45, 7) is 0.274. The quantitative estimate of drug-likeness (QED) is 0.499. The molecule has 0 spiro atoms. The highest BCUT2D eigenvalue weighted by molar-refractivity contribution is 5.10. The Morgan fingerprint density at radius 3 is 1.89 bits per heavy atom. The summed E-state index contributed by atoms with van der Waals surface area (Å²) < 4.78 is 76.4. The maximum Gasteiger partial charge on any atom is 0.402 e. The van der Waals surface area contributed by atoms with E-state index in [1.54, 1.807) is 0 Å². The van der Waals surface area contributed by atoms with Gasteiger partial charge in [-0.1, -0.05) is 12.2 Å². The van der Waals surface area contributed by atoms with Crippen LogP contribution in [0.3, 0.4) is 0 Å². The predicted molar refractivity (Wildman–Crippen MR) is 58.3 cm³/mol. The molecular formula is C13H16F6. The molecule has 0 saturated heterocycles. The van der Waals surface area contributed by atoms with E-state index in [1.807, 2.05) is 12.2 Å². The smallest absolute Gasteiger partial charge is 0.170 e. The fourth-order valence-electron chi connectivity index (χ4n) is 3.14. The van der Waals surface area contributed by atoms with Gasteiger partial charge in [0.25, 0.3) is 0 Å². The van der Waals surface area contributed by atoms with Crippen LogP contribution in [0.4, 0.5) is 26.3 Å². The third-order valence-electron chi connectivity index (χ3n) is 4.68. The largest absolute Gasteiger partial charge is 0.402 e. The Morgan fingerprint density at radius 2 is 1.53 bits per heavy atom. The van der Waals surface area contributed by atoms with Crippen LogP contribution in [0.1, 0.15) is 32.6 Å². The molecule has 3 unspecified atom stereocenters. The van der Waals surface area contributed by atoms with Gasteiger partial charge in [-0.25, -0.2) is 0 Å². The number of allylic oxidation sites excluding steroid dienone is 2. The lowest BCUT2D eigenvalue weighted by atomic mass is 9.78. The first-order valence-corrected chi connectivity index (χ1v) is 6.36. The van der Waals surface area contributed by atoms with Gasteiger partial charge in [-0.05, 0) is 50.4 Å². The fraction of sp³-hybridized carbons (Fsp3) is 0.846. The lowest BCUT2D eigenvalue weighted by Gasteiger charge is -2.35. The van der Waals surface area contributed by atoms with Crippen molar-refractivity contribution in [2.24, 2.45) is 23.2 Å². The van der Waals surface area contributed by atoms with Crippen LogP contribution in [-0.4, -0.2) is 12.4 Å². The molecule has 2 aliphatic carbocycles. The van der Waals surface area contributed by atoms with Crippen molar-refractivity contribution in [3.8, 4) is 0 Å². The van der Waals surface area contributed by atoms with Crippen molar-refractivity contribution in [1.29, 1.82) is 0 Å². The predicted octanol–water partition coefficient (Wildman–Crippen LogP) is 5.11. The van der Waals surface area contributed by atoms with Gasteiger partial charge < -0.3 is 0 Å². The van der Waals surface area contributed by atoms with Crippen LogP contribution < -0.4 is 0 Å². The normalized spacial score (nSPS) is 31.2. The van der Waals surface area contributed by atoms with Crippen LogP contribution in [-0.2, 0) is 0 Å². The number of hydrogen-bond acceptors (Lipinski definition) is 0. The summed E-state index contributed by atoms with van der Waals surface area (Å²) in [7, 11) is 0. The van der Waals surface area contributed by atoms with Crippen LogP contribution in [0.5, 0.6) is 0 Å². The molecule has 0 nitrogen and oxygen atoms in total. The van der Waals surface area contributed by atoms with Gasteiger partial charge >= 0.3 is 12.4 Å². The molecule has 0 radical (unpaired) electrons. The molecule has 0 aromatic rings. The van der Waals surface area contributed by atoms with Crippen molar-refractivity contribution in [3.63, 3.8) is 0 Å².